The lowest BCUT2D eigenvalue weighted by atomic mass is 9.99. The van der Waals surface area contributed by atoms with Crippen LogP contribution in [0.15, 0.2) is 11.5 Å². The number of rotatable bonds is 5. The number of ether oxygens (including phenoxy) is 3. The maximum absolute atomic E-state index is 11.9. The number of cyclic esters (lactones) is 1. The van der Waals surface area contributed by atoms with Gasteiger partial charge < -0.3 is 50.0 Å². The molecule has 0 amide bonds. The van der Waals surface area contributed by atoms with Gasteiger partial charge >= 0.3 is 5.97 Å². The first kappa shape index (κ1) is 17.9. The smallest absolute Gasteiger partial charge is 0.373 e. The number of aliphatic hydroxyl groups is 6. The van der Waals surface area contributed by atoms with E-state index in [2.05, 4.69) is 4.74 Å². The van der Waals surface area contributed by atoms with Gasteiger partial charge in [0.2, 0.25) is 6.29 Å². The highest BCUT2D eigenvalue weighted by atomic mass is 16.7. The number of carbonyl (C=O) groups is 1. The molecular formula is C12H17O11-. The molecule has 7 atom stereocenters. The molecule has 132 valence electrons. The molecule has 6 N–H and O–H groups in total. The normalized spacial score (nSPS) is 39.3. The molecule has 2 aliphatic rings. The van der Waals surface area contributed by atoms with Crippen LogP contribution in [-0.2, 0) is 19.0 Å². The number of hydrogen-bond donors (Lipinski definition) is 6. The molecule has 0 aromatic heterocycles. The summed E-state index contributed by atoms with van der Waals surface area (Å²) in [6, 6.07) is 0. The summed E-state index contributed by atoms with van der Waals surface area (Å²) in [4.78, 5) is 11.6. The highest BCUT2D eigenvalue weighted by molar-refractivity contribution is 5.89. The van der Waals surface area contributed by atoms with Crippen molar-refractivity contribution in [3.05, 3.63) is 11.5 Å². The van der Waals surface area contributed by atoms with E-state index in [0.29, 0.717) is 0 Å². The van der Waals surface area contributed by atoms with E-state index in [4.69, 9.17) is 19.7 Å². The first-order valence-corrected chi connectivity index (χ1v) is 6.70. The molecule has 2 heterocycles. The lowest BCUT2D eigenvalue weighted by Crippen LogP contribution is -2.59. The summed E-state index contributed by atoms with van der Waals surface area (Å²) in [6.07, 6.45) is -11.5. The van der Waals surface area contributed by atoms with Gasteiger partial charge in [-0.15, -0.1) is 0 Å². The van der Waals surface area contributed by atoms with E-state index in [1.807, 2.05) is 0 Å². The van der Waals surface area contributed by atoms with Crippen LogP contribution in [0.2, 0.25) is 0 Å². The molecule has 2 rings (SSSR count). The molecule has 0 saturated carbocycles. The number of esters is 1. The summed E-state index contributed by atoms with van der Waals surface area (Å²) in [5.74, 6) is -3.22. The largest absolute Gasteiger partial charge is 0.870 e. The standard InChI is InChI=1S/C12H18O11/c13-1-3(15)9-8(19)10(11(20)22-9)23-12-7(18)6(17)5(16)4(2-14)21-12/h3-7,9,12-19H,1-2H2/p-1/t3-,4+,5+,6-,7+,9?,12?/m0/s1. The maximum atomic E-state index is 11.9. The van der Waals surface area contributed by atoms with Crippen LogP contribution < -0.4 is 5.11 Å². The molecule has 0 aliphatic carbocycles. The van der Waals surface area contributed by atoms with Crippen LogP contribution in [0.25, 0.3) is 0 Å². The van der Waals surface area contributed by atoms with Crippen molar-refractivity contribution in [2.75, 3.05) is 13.2 Å². The Kier molecular flexibility index (Phi) is 5.41. The average Bonchev–Trinajstić information content (AvgIpc) is 2.82. The summed E-state index contributed by atoms with van der Waals surface area (Å²) in [6.45, 7) is -1.55. The molecular weight excluding hydrogens is 320 g/mol. The van der Waals surface area contributed by atoms with E-state index in [1.54, 1.807) is 0 Å². The van der Waals surface area contributed by atoms with Crippen LogP contribution in [0.1, 0.15) is 0 Å². The van der Waals surface area contributed by atoms with Gasteiger partial charge in [-0.25, -0.2) is 4.79 Å². The fourth-order valence-electron chi connectivity index (χ4n) is 2.19. The van der Waals surface area contributed by atoms with Crippen molar-refractivity contribution in [2.45, 2.75) is 42.9 Å². The third-order valence-electron chi connectivity index (χ3n) is 3.52. The van der Waals surface area contributed by atoms with Crippen molar-refractivity contribution in [1.82, 2.24) is 0 Å². The zero-order valence-corrected chi connectivity index (χ0v) is 11.7. The van der Waals surface area contributed by atoms with Crippen molar-refractivity contribution < 1.29 is 54.8 Å². The molecule has 0 radical (unpaired) electrons. The fraction of sp³-hybridized carbons (Fsp3) is 0.750. The Bertz CT molecular complexity index is 476. The average molecular weight is 337 g/mol. The topological polar surface area (TPSA) is 189 Å². The van der Waals surface area contributed by atoms with Gasteiger partial charge in [-0.3, -0.25) is 0 Å². The number of aliphatic hydroxyl groups excluding tert-OH is 6. The lowest BCUT2D eigenvalue weighted by molar-refractivity contribution is -0.330. The minimum atomic E-state index is -1.82. The van der Waals surface area contributed by atoms with Gasteiger partial charge in [-0.1, -0.05) is 0 Å². The Balaban J connectivity index is 2.16. The van der Waals surface area contributed by atoms with Gasteiger partial charge in [0.05, 0.1) is 13.2 Å². The molecule has 1 saturated heterocycles. The second-order valence-corrected chi connectivity index (χ2v) is 5.08. The van der Waals surface area contributed by atoms with E-state index in [1.165, 1.54) is 0 Å². The summed E-state index contributed by atoms with van der Waals surface area (Å²) in [5.41, 5.74) is 0. The zero-order valence-electron chi connectivity index (χ0n) is 11.7. The maximum Gasteiger partial charge on any atom is 0.373 e. The van der Waals surface area contributed by atoms with Crippen molar-refractivity contribution in [3.63, 3.8) is 0 Å². The molecule has 23 heavy (non-hydrogen) atoms. The lowest BCUT2D eigenvalue weighted by Gasteiger charge is -2.39. The Labute approximate surface area is 129 Å². The fourth-order valence-corrected chi connectivity index (χ4v) is 2.19. The summed E-state index contributed by atoms with van der Waals surface area (Å²) in [7, 11) is 0. The van der Waals surface area contributed by atoms with E-state index in [0.717, 1.165) is 0 Å². The summed E-state index contributed by atoms with van der Waals surface area (Å²) in [5, 5.41) is 68.1. The summed E-state index contributed by atoms with van der Waals surface area (Å²) < 4.78 is 14.5. The molecule has 2 aliphatic heterocycles. The van der Waals surface area contributed by atoms with Crippen LogP contribution in [0.5, 0.6) is 0 Å². The third kappa shape index (κ3) is 3.26. The highest BCUT2D eigenvalue weighted by Gasteiger charge is 2.46. The Morgan fingerprint density at radius 3 is 2.39 bits per heavy atom. The third-order valence-corrected chi connectivity index (χ3v) is 3.52. The van der Waals surface area contributed by atoms with E-state index < -0.39 is 73.6 Å². The van der Waals surface area contributed by atoms with E-state index in [-0.39, 0.29) is 0 Å². The van der Waals surface area contributed by atoms with Crippen molar-refractivity contribution in [2.24, 2.45) is 0 Å². The minimum absolute atomic E-state index is 0.718. The predicted octanol–water partition coefficient (Wildman–Crippen LogP) is -5.35. The van der Waals surface area contributed by atoms with Gasteiger partial charge in [-0.05, 0) is 5.76 Å². The van der Waals surface area contributed by atoms with Gasteiger partial charge in [0.15, 0.2) is 5.76 Å². The van der Waals surface area contributed by atoms with Crippen LogP contribution in [-0.4, -0.2) is 92.7 Å². The number of hydrogen-bond acceptors (Lipinski definition) is 11. The zero-order chi connectivity index (χ0) is 17.3. The monoisotopic (exact) mass is 337 g/mol. The van der Waals surface area contributed by atoms with E-state index in [9.17, 15) is 30.3 Å². The van der Waals surface area contributed by atoms with Gasteiger partial charge in [0, 0.05) is 0 Å². The quantitative estimate of drug-likeness (QED) is 0.263. The van der Waals surface area contributed by atoms with Crippen molar-refractivity contribution in [1.29, 1.82) is 0 Å². The van der Waals surface area contributed by atoms with Gasteiger partial charge in [0.1, 0.15) is 36.6 Å². The van der Waals surface area contributed by atoms with Crippen molar-refractivity contribution in [3.8, 4) is 0 Å². The molecule has 2 unspecified atom stereocenters. The van der Waals surface area contributed by atoms with Crippen LogP contribution >= 0.6 is 0 Å². The second-order valence-electron chi connectivity index (χ2n) is 5.08. The minimum Gasteiger partial charge on any atom is -0.870 e. The van der Waals surface area contributed by atoms with E-state index >= 15 is 0 Å². The first-order valence-electron chi connectivity index (χ1n) is 6.70. The SMILES string of the molecule is O=C1OC([C@@H](O)CO)C([O-])=C1OC1O[C@H](CO)[C@@H](O)[C@H](O)[C@H]1O. The molecule has 1 fully saturated rings. The predicted molar refractivity (Wildman–Crippen MR) is 64.9 cm³/mol. The summed E-state index contributed by atoms with van der Waals surface area (Å²) >= 11 is 0. The second kappa shape index (κ2) is 6.97. The van der Waals surface area contributed by atoms with Gasteiger partial charge in [-0.2, -0.15) is 0 Å². The molecule has 11 nitrogen and oxygen atoms in total. The number of carbonyl (C=O) groups excluding carboxylic acids is 1. The molecule has 11 heteroatoms. The molecule has 0 aromatic rings. The first-order chi connectivity index (χ1) is 10.8. The Morgan fingerprint density at radius 1 is 1.17 bits per heavy atom. The Morgan fingerprint density at radius 2 is 1.83 bits per heavy atom. The molecule has 0 aromatic carbocycles. The van der Waals surface area contributed by atoms with Crippen LogP contribution in [0, 0.1) is 0 Å². The highest BCUT2D eigenvalue weighted by Crippen LogP contribution is 2.28. The van der Waals surface area contributed by atoms with Crippen LogP contribution in [0.3, 0.4) is 0 Å². The Hall–Kier alpha value is -1.47. The molecule has 0 spiro atoms. The van der Waals surface area contributed by atoms with Gasteiger partial charge in [0.25, 0.3) is 0 Å². The molecule has 0 bridgehead atoms. The van der Waals surface area contributed by atoms with Crippen molar-refractivity contribution >= 4 is 5.97 Å². The van der Waals surface area contributed by atoms with Crippen LogP contribution in [0.4, 0.5) is 0 Å².